The van der Waals surface area contributed by atoms with Crippen LogP contribution in [0.2, 0.25) is 30.1 Å². The minimum atomic E-state index is -1.03. The Labute approximate surface area is 339 Å². The summed E-state index contributed by atoms with van der Waals surface area (Å²) in [6, 6.07) is 12.9. The Morgan fingerprint density at radius 1 is 0.627 bits per heavy atom. The molecule has 0 N–H and O–H groups in total. The Hall–Kier alpha value is -2.35. The predicted octanol–water partition coefficient (Wildman–Crippen LogP) is 13.9. The van der Waals surface area contributed by atoms with Crippen LogP contribution in [0.5, 0.6) is 34.5 Å². The monoisotopic (exact) mass is 852 g/mol. The van der Waals surface area contributed by atoms with Crippen LogP contribution in [-0.2, 0) is 16.5 Å². The van der Waals surface area contributed by atoms with Crippen molar-refractivity contribution in [2.24, 2.45) is 9.98 Å². The third-order valence-electron chi connectivity index (χ3n) is 8.01. The summed E-state index contributed by atoms with van der Waals surface area (Å²) in [5.74, 6) is -1.86. The van der Waals surface area contributed by atoms with Crippen molar-refractivity contribution in [2.45, 2.75) is 80.1 Å². The van der Waals surface area contributed by atoms with E-state index in [9.17, 15) is 10.2 Å². The standard InChI is InChI=1S/C26H36N2.C12H2Cl6O4.Ni/c1-9-12-24(21(8)27-25-19(6)13-10-14-20(25)7)28-26-22(17(2)3)15-11-16-23(26)18(4)5;13-1-2(14)4(16)10-9(3(1)15)21-11-5(17)7(19)8(20)6(18)12(11)22-10;/h10-11,13-18H,9,12H2,1-8H3;19-20H;/q;;+2/p-2. The number of rotatable bonds is 7. The molecule has 0 spiro atoms. The van der Waals surface area contributed by atoms with Gasteiger partial charge < -0.3 is 19.7 Å². The molecule has 0 bridgehead atoms. The number of benzene rings is 4. The molecule has 0 atom stereocenters. The van der Waals surface area contributed by atoms with E-state index < -0.39 is 21.5 Å². The van der Waals surface area contributed by atoms with Crippen LogP contribution in [0.25, 0.3) is 0 Å². The minimum Gasteiger partial charge on any atom is -0.872 e. The summed E-state index contributed by atoms with van der Waals surface area (Å²) in [7, 11) is 0. The van der Waals surface area contributed by atoms with E-state index >= 15 is 0 Å². The minimum absolute atomic E-state index is 0. The topological polar surface area (TPSA) is 89.3 Å². The number of aryl methyl sites for hydroxylation is 2. The fourth-order valence-corrected chi connectivity index (χ4v) is 6.63. The molecular weight excluding hydrogens is 820 g/mol. The van der Waals surface area contributed by atoms with Crippen molar-refractivity contribution < 1.29 is 36.2 Å². The summed E-state index contributed by atoms with van der Waals surface area (Å²) >= 11 is 35.5. The summed E-state index contributed by atoms with van der Waals surface area (Å²) in [5.41, 5.74) is 9.39. The van der Waals surface area contributed by atoms with E-state index in [1.165, 1.54) is 22.3 Å². The Bertz CT molecular complexity index is 1830. The average molecular weight is 856 g/mol. The molecule has 1 aliphatic heterocycles. The molecule has 0 unspecified atom stereocenters. The first-order valence-corrected chi connectivity index (χ1v) is 18.2. The number of halogens is 6. The molecule has 4 aromatic carbocycles. The molecule has 0 fully saturated rings. The largest absolute Gasteiger partial charge is 2.00 e. The molecule has 13 heteroatoms. The van der Waals surface area contributed by atoms with E-state index in [0.717, 1.165) is 35.6 Å². The molecule has 4 aromatic rings. The summed E-state index contributed by atoms with van der Waals surface area (Å²) in [5, 5.41) is 22.0. The molecular formula is C38H36Cl6N2NiO4. The third kappa shape index (κ3) is 9.07. The maximum Gasteiger partial charge on any atom is 2.00 e. The molecule has 0 radical (unpaired) electrons. The van der Waals surface area contributed by atoms with Gasteiger partial charge in [0.05, 0.1) is 42.9 Å². The van der Waals surface area contributed by atoms with E-state index in [4.69, 9.17) is 89.1 Å². The third-order valence-corrected chi connectivity index (χ3v) is 10.5. The predicted molar refractivity (Wildman–Crippen MR) is 207 cm³/mol. The zero-order chi connectivity index (χ0) is 37.2. The smallest absolute Gasteiger partial charge is 0.872 e. The van der Waals surface area contributed by atoms with Crippen molar-refractivity contribution in [3.05, 3.63) is 88.8 Å². The van der Waals surface area contributed by atoms with Crippen molar-refractivity contribution in [1.82, 2.24) is 0 Å². The molecule has 1 aliphatic rings. The van der Waals surface area contributed by atoms with Crippen LogP contribution in [0, 0.1) is 13.8 Å². The van der Waals surface area contributed by atoms with Crippen LogP contribution < -0.4 is 19.7 Å². The van der Waals surface area contributed by atoms with Gasteiger partial charge in [0.2, 0.25) is 0 Å². The molecule has 1 heterocycles. The zero-order valence-electron chi connectivity index (χ0n) is 29.1. The van der Waals surface area contributed by atoms with Gasteiger partial charge >= 0.3 is 16.5 Å². The number of hydrogen-bond donors (Lipinski definition) is 0. The molecule has 0 aromatic heterocycles. The van der Waals surface area contributed by atoms with Crippen LogP contribution in [0.4, 0.5) is 11.4 Å². The molecule has 0 saturated heterocycles. The molecule has 0 amide bonds. The van der Waals surface area contributed by atoms with Gasteiger partial charge in [0.15, 0.2) is 23.0 Å². The van der Waals surface area contributed by atoms with E-state index in [0.29, 0.717) is 11.8 Å². The summed E-state index contributed by atoms with van der Waals surface area (Å²) in [6.07, 6.45) is 1.99. The second kappa shape index (κ2) is 18.1. The van der Waals surface area contributed by atoms with E-state index in [2.05, 4.69) is 91.8 Å². The quantitative estimate of drug-likeness (QED) is 0.0706. The van der Waals surface area contributed by atoms with Gasteiger partial charge in [0.1, 0.15) is 10.0 Å². The molecule has 6 nitrogen and oxygen atoms in total. The number of fused-ring (bicyclic) bond motifs is 2. The van der Waals surface area contributed by atoms with Crippen LogP contribution in [0.3, 0.4) is 0 Å². The maximum atomic E-state index is 11.7. The number of aliphatic imine (C=N–C) groups is 2. The average Bonchev–Trinajstić information content (AvgIpc) is 3.08. The number of para-hydroxylation sites is 2. The Morgan fingerprint density at radius 2 is 1.02 bits per heavy atom. The van der Waals surface area contributed by atoms with E-state index in [1.54, 1.807) is 0 Å². The fraction of sp³-hybridized carbons (Fsp3) is 0.316. The van der Waals surface area contributed by atoms with Crippen molar-refractivity contribution in [1.29, 1.82) is 0 Å². The van der Waals surface area contributed by atoms with Crippen LogP contribution >= 0.6 is 69.6 Å². The van der Waals surface area contributed by atoms with Crippen molar-refractivity contribution in [3.63, 3.8) is 0 Å². The van der Waals surface area contributed by atoms with Gasteiger partial charge in [-0.3, -0.25) is 9.98 Å². The van der Waals surface area contributed by atoms with Crippen molar-refractivity contribution in [3.8, 4) is 34.5 Å². The van der Waals surface area contributed by atoms with Gasteiger partial charge in [0, 0.05) is 0 Å². The van der Waals surface area contributed by atoms with Gasteiger partial charge in [-0.2, -0.15) is 0 Å². The molecule has 51 heavy (non-hydrogen) atoms. The SMILES string of the molecule is CCCC(=Nc1c(C(C)C)cccc1C(C)C)C(C)=Nc1c(C)cccc1C.[Ni+2].[O-]c1c([O-])c(Cl)c2c(c1Cl)Oc1c(Cl)c(Cl)c(Cl)c(Cl)c1O2. The molecule has 0 saturated carbocycles. The Balaban J connectivity index is 0.000000277. The number of ether oxygens (including phenoxy) is 2. The Kier molecular flexibility index (Phi) is 15.3. The van der Waals surface area contributed by atoms with Gasteiger partial charge in [0.25, 0.3) is 0 Å². The van der Waals surface area contributed by atoms with E-state index in [1.807, 2.05) is 0 Å². The van der Waals surface area contributed by atoms with E-state index in [-0.39, 0.29) is 59.6 Å². The first kappa shape index (κ1) is 43.1. The molecule has 0 aliphatic carbocycles. The van der Waals surface area contributed by atoms with Gasteiger partial charge in [-0.1, -0.05) is 159 Å². The summed E-state index contributed by atoms with van der Waals surface area (Å²) in [6.45, 7) is 17.5. The second-order valence-electron chi connectivity index (χ2n) is 12.4. The van der Waals surface area contributed by atoms with Crippen LogP contribution in [0.1, 0.15) is 88.5 Å². The van der Waals surface area contributed by atoms with Crippen molar-refractivity contribution in [2.75, 3.05) is 0 Å². The van der Waals surface area contributed by atoms with Gasteiger partial charge in [-0.05, 0) is 61.3 Å². The van der Waals surface area contributed by atoms with Crippen LogP contribution in [0.15, 0.2) is 46.4 Å². The van der Waals surface area contributed by atoms with Crippen LogP contribution in [-0.4, -0.2) is 11.4 Å². The second-order valence-corrected chi connectivity index (χ2v) is 14.7. The van der Waals surface area contributed by atoms with Gasteiger partial charge in [-0.15, -0.1) is 0 Å². The Morgan fingerprint density at radius 3 is 1.41 bits per heavy atom. The molecule has 274 valence electrons. The summed E-state index contributed by atoms with van der Waals surface area (Å²) in [4.78, 5) is 10.2. The molecule has 5 rings (SSSR count). The number of nitrogens with zero attached hydrogens (tertiary/aromatic N) is 2. The van der Waals surface area contributed by atoms with Gasteiger partial charge in [-0.25, -0.2) is 0 Å². The maximum absolute atomic E-state index is 11.7. The normalized spacial score (nSPS) is 12.4. The van der Waals surface area contributed by atoms with Crippen molar-refractivity contribution >= 4 is 92.4 Å². The summed E-state index contributed by atoms with van der Waals surface area (Å²) < 4.78 is 10.9. The zero-order valence-corrected chi connectivity index (χ0v) is 34.7. The number of hydrogen-bond acceptors (Lipinski definition) is 6. The first-order chi connectivity index (χ1) is 23.5. The fourth-order valence-electron chi connectivity index (χ4n) is 5.31. The first-order valence-electron chi connectivity index (χ1n) is 15.9.